The Morgan fingerprint density at radius 2 is 0.424 bits per heavy atom. The van der Waals surface area contributed by atoms with E-state index < -0.39 is 8.07 Å². The summed E-state index contributed by atoms with van der Waals surface area (Å²) in [4.78, 5) is 0. The molecule has 0 radical (unpaired) electrons. The Balaban J connectivity index is 1.25. The second-order valence-corrected chi connectivity index (χ2v) is 30.3. The Morgan fingerprint density at radius 3 is 0.621 bits per heavy atom. The van der Waals surface area contributed by atoms with Crippen LogP contribution in [0, 0.1) is 0 Å². The minimum atomic E-state index is -1.99. The summed E-state index contributed by atoms with van der Waals surface area (Å²) < 4.78 is 0. The van der Waals surface area contributed by atoms with Crippen LogP contribution in [-0.4, -0.2) is 8.07 Å². The van der Waals surface area contributed by atoms with Crippen LogP contribution in [-0.2, 0) is 5.41 Å². The molecule has 4 aliphatic rings. The molecule has 0 nitrogen and oxygen atoms in total. The van der Waals surface area contributed by atoms with Gasteiger partial charge in [-0.25, -0.2) is 0 Å². The summed E-state index contributed by atoms with van der Waals surface area (Å²) >= 11 is 0. The molecule has 0 fully saturated rings. The molecule has 0 unspecified atom stereocenters. The zero-order chi connectivity index (χ0) is 39.5. The summed E-state index contributed by atoms with van der Waals surface area (Å²) in [5.41, 5.74) is 9.59. The lowest BCUT2D eigenvalue weighted by Gasteiger charge is -2.48. The number of benzene rings is 18. The average Bonchev–Trinajstić information content (AvgIpc) is 4.16. The monoisotopic (exact) mass is 820 g/mol. The minimum Gasteiger partial charge on any atom is -0.107 e. The van der Waals surface area contributed by atoms with E-state index in [0.717, 1.165) is 0 Å². The fraction of sp³-hybridized carbons (Fsp3) is 0.0769. The normalized spacial score (nSPS) is 21.5. The van der Waals surface area contributed by atoms with Crippen molar-refractivity contribution < 1.29 is 0 Å². The van der Waals surface area contributed by atoms with Crippen molar-refractivity contribution >= 4 is 299 Å². The molecule has 0 saturated carbocycles. The van der Waals surface area contributed by atoms with E-state index in [1.54, 1.807) is 302 Å². The van der Waals surface area contributed by atoms with Crippen molar-refractivity contribution in [2.24, 2.45) is 0 Å². The molecule has 28 aromatic carbocycles. The molecule has 0 N–H and O–H groups in total. The first-order chi connectivity index (χ1) is 32.6. The van der Waals surface area contributed by atoms with Crippen LogP contribution in [0.1, 0.15) is 28.2 Å². The van der Waals surface area contributed by atoms with Crippen LogP contribution in [0.25, 0.3) is 291 Å². The third kappa shape index (κ3) is 1.28. The van der Waals surface area contributed by atoms with E-state index in [2.05, 4.69) is 18.8 Å². The highest BCUT2D eigenvalue weighted by Gasteiger charge is 2.63. The van der Waals surface area contributed by atoms with Gasteiger partial charge in [-0.1, -0.05) is 13.1 Å². The highest BCUT2D eigenvalue weighted by atomic mass is 28.3. The summed E-state index contributed by atoms with van der Waals surface area (Å²) in [6, 6.07) is 1.24. The first-order valence-electron chi connectivity index (χ1n) is 25.0. The van der Waals surface area contributed by atoms with Crippen molar-refractivity contribution in [3.63, 3.8) is 0 Å². The van der Waals surface area contributed by atoms with Gasteiger partial charge >= 0.3 is 0 Å². The van der Waals surface area contributed by atoms with Gasteiger partial charge in [-0.3, -0.25) is 0 Å². The van der Waals surface area contributed by atoms with Gasteiger partial charge in [-0.15, -0.1) is 12.3 Å². The molecular formula is C65H12Si. The number of hydrogen-bond acceptors (Lipinski definition) is 0. The van der Waals surface area contributed by atoms with Crippen molar-refractivity contribution in [3.05, 3.63) is 34.5 Å². The van der Waals surface area contributed by atoms with Gasteiger partial charge in [0.15, 0.2) is 0 Å². The Morgan fingerprint density at radius 1 is 0.273 bits per heavy atom. The molecule has 0 aromatic heterocycles. The molecule has 0 saturated heterocycles. The largest absolute Gasteiger partial charge is 0.107 e. The zero-order valence-electron chi connectivity index (χ0n) is 34.6. The molecule has 0 heterocycles. The van der Waals surface area contributed by atoms with E-state index in [0.29, 0.717) is 5.92 Å². The maximum Gasteiger partial charge on any atom is 0.0722 e. The van der Waals surface area contributed by atoms with Crippen LogP contribution < -0.4 is 0 Å². The standard InChI is InChI=1S/C65H12Si/c1-4-66(2,3)5-65-62-58-52-38-30-22-10-7-6-8-11(10)23-25-21-15(8)17-13-9(6)12-16-14(7)20-24(22)36(38)44-42-28(20)26(16)34-32-18(12)19(13)33-35-27(17)29(21)43-45-37(25)39(31(23)30)53(52)59(62)55(45)57-49(43)47(35)51-41(33)40(32)50-46(34)48(42)56(54(44)58)63(65)60(50)61(51)64(57)65/h4,62H,1,5H2,2-3H3. The SMILES string of the molecule is C=C[Si](C)(C)CC12c3c4c5c6c7c8c(c9c%10c1c1c3c3c%11c4c4c5c5c7c7c%12c8c8c9c9c%10c%10c1c1c3c3c%11c%11c4c4c5c7c5c7c%12c8c8c9c9c%10c1c1c3c3c%11c4c5c4c7c8c9c1c34)C62. The maximum atomic E-state index is 4.76. The van der Waals surface area contributed by atoms with Crippen molar-refractivity contribution in [1.82, 2.24) is 0 Å². The summed E-state index contributed by atoms with van der Waals surface area (Å²) in [6.45, 7) is 10.1. The topological polar surface area (TPSA) is 0 Å². The first-order valence-corrected chi connectivity index (χ1v) is 28.3. The van der Waals surface area contributed by atoms with Crippen molar-refractivity contribution in [3.8, 4) is 0 Å². The van der Waals surface area contributed by atoms with Crippen LogP contribution in [0.3, 0.4) is 0 Å². The summed E-state index contributed by atoms with van der Waals surface area (Å²) in [5, 5.41) is 91.1. The molecule has 66 heavy (non-hydrogen) atoms. The highest BCUT2D eigenvalue weighted by Crippen LogP contribution is 2.84. The lowest BCUT2D eigenvalue weighted by molar-refractivity contribution is 0.519. The van der Waals surface area contributed by atoms with Crippen molar-refractivity contribution in [2.75, 3.05) is 0 Å². The Hall–Kier alpha value is -7.58. The number of rotatable bonds is 3. The molecule has 28 aromatic rings. The average molecular weight is 821 g/mol. The quantitative estimate of drug-likeness (QED) is 0.123. The van der Waals surface area contributed by atoms with Crippen LogP contribution in [0.2, 0.25) is 19.1 Å². The molecule has 0 atom stereocenters. The third-order valence-electron chi connectivity index (χ3n) is 24.6. The van der Waals surface area contributed by atoms with Crippen LogP contribution in [0.4, 0.5) is 0 Å². The van der Waals surface area contributed by atoms with Gasteiger partial charge in [-0.2, -0.15) is 0 Å². The maximum absolute atomic E-state index is 4.76. The number of hydrogen-bond donors (Lipinski definition) is 0. The predicted octanol–water partition coefficient (Wildman–Crippen LogP) is 18.6. The van der Waals surface area contributed by atoms with Crippen LogP contribution in [0.15, 0.2) is 12.3 Å². The summed E-state index contributed by atoms with van der Waals surface area (Å²) in [7, 11) is -1.99. The molecule has 32 rings (SSSR count). The molecule has 0 bridgehead atoms. The van der Waals surface area contributed by atoms with E-state index in [9.17, 15) is 0 Å². The van der Waals surface area contributed by atoms with Gasteiger partial charge in [0.25, 0.3) is 0 Å². The van der Waals surface area contributed by atoms with E-state index >= 15 is 0 Å². The van der Waals surface area contributed by atoms with Gasteiger partial charge in [0.05, 0.1) is 8.07 Å². The van der Waals surface area contributed by atoms with E-state index in [1.807, 2.05) is 11.1 Å². The van der Waals surface area contributed by atoms with Gasteiger partial charge in [-0.05, 0) is 319 Å². The summed E-state index contributed by atoms with van der Waals surface area (Å²) in [5.74, 6) is 0.342. The minimum absolute atomic E-state index is 0.116. The lowest BCUT2D eigenvalue weighted by atomic mass is 9.58. The zero-order valence-corrected chi connectivity index (χ0v) is 35.6. The van der Waals surface area contributed by atoms with E-state index in [1.165, 1.54) is 6.04 Å². The molecule has 4 aliphatic carbocycles. The summed E-state index contributed by atoms with van der Waals surface area (Å²) in [6.07, 6.45) is 0. The highest BCUT2D eigenvalue weighted by molar-refractivity contribution is 6.84. The fourth-order valence-corrected chi connectivity index (χ4v) is 26.6. The Kier molecular flexibility index (Phi) is 2.03. The van der Waals surface area contributed by atoms with E-state index in [4.69, 9.17) is 6.58 Å². The predicted molar refractivity (Wildman–Crippen MR) is 287 cm³/mol. The van der Waals surface area contributed by atoms with E-state index in [-0.39, 0.29) is 5.41 Å². The van der Waals surface area contributed by atoms with Crippen LogP contribution >= 0.6 is 0 Å². The Labute approximate surface area is 361 Å². The first kappa shape index (κ1) is 24.6. The molecule has 276 valence electrons. The third-order valence-corrected chi connectivity index (χ3v) is 27.2. The Bertz CT molecular complexity index is 6810. The van der Waals surface area contributed by atoms with Crippen molar-refractivity contribution in [1.29, 1.82) is 0 Å². The van der Waals surface area contributed by atoms with Gasteiger partial charge in [0.1, 0.15) is 0 Å². The van der Waals surface area contributed by atoms with Gasteiger partial charge < -0.3 is 0 Å². The second-order valence-electron chi connectivity index (χ2n) is 25.6. The van der Waals surface area contributed by atoms with Gasteiger partial charge in [0.2, 0.25) is 0 Å². The van der Waals surface area contributed by atoms with Crippen LogP contribution in [0.5, 0.6) is 0 Å². The molecule has 1 heteroatoms. The smallest absolute Gasteiger partial charge is 0.0722 e. The van der Waals surface area contributed by atoms with Gasteiger partial charge in [0, 0.05) is 11.3 Å². The molecular weight excluding hydrogens is 809 g/mol. The second kappa shape index (κ2) is 5.43. The molecule has 0 amide bonds. The molecule has 0 spiro atoms. The van der Waals surface area contributed by atoms with Crippen molar-refractivity contribution in [2.45, 2.75) is 30.5 Å². The molecule has 0 aliphatic heterocycles. The lowest BCUT2D eigenvalue weighted by Crippen LogP contribution is -2.43. The fourth-order valence-electron chi connectivity index (χ4n) is 24.4.